The molecule has 2 aliphatic rings. The molecule has 8 heteroatoms. The van der Waals surface area contributed by atoms with Crippen LogP contribution in [0.2, 0.25) is 0 Å². The van der Waals surface area contributed by atoms with Gasteiger partial charge in [0.25, 0.3) is 5.91 Å². The topological polar surface area (TPSA) is 87.9 Å². The van der Waals surface area contributed by atoms with Crippen molar-refractivity contribution in [3.8, 4) is 28.3 Å². The number of nitrogens with zero attached hydrogens (tertiary/aromatic N) is 4. The van der Waals surface area contributed by atoms with Crippen molar-refractivity contribution in [3.63, 3.8) is 0 Å². The number of nitrogens with two attached hydrogens (primary N) is 1. The van der Waals surface area contributed by atoms with E-state index in [1.54, 1.807) is 48.3 Å². The number of nitriles is 1. The Morgan fingerprint density at radius 2 is 1.76 bits per heavy atom. The van der Waals surface area contributed by atoms with Gasteiger partial charge in [0.2, 0.25) is 0 Å². The highest BCUT2D eigenvalue weighted by atomic mass is 19.1. The van der Waals surface area contributed by atoms with Crippen LogP contribution in [-0.4, -0.2) is 38.7 Å². The van der Waals surface area contributed by atoms with Gasteiger partial charge in [-0.25, -0.2) is 8.78 Å². The first kappa shape index (κ1) is 23.3. The summed E-state index contributed by atoms with van der Waals surface area (Å²) in [6.07, 6.45) is 5.10. The molecule has 2 bridgehead atoms. The van der Waals surface area contributed by atoms with Crippen LogP contribution in [0.1, 0.15) is 41.6 Å². The minimum atomic E-state index is -0.672. The van der Waals surface area contributed by atoms with Gasteiger partial charge in [-0.05, 0) is 72.7 Å². The Kier molecular flexibility index (Phi) is 5.54. The quantitative estimate of drug-likeness (QED) is 0.424. The van der Waals surface area contributed by atoms with Crippen molar-refractivity contribution in [2.24, 2.45) is 12.8 Å². The molecule has 0 radical (unpaired) electrons. The first-order chi connectivity index (χ1) is 17.8. The Morgan fingerprint density at radius 3 is 2.46 bits per heavy atom. The van der Waals surface area contributed by atoms with Crippen molar-refractivity contribution in [1.29, 1.82) is 5.26 Å². The average Bonchev–Trinajstić information content (AvgIpc) is 3.38. The minimum absolute atomic E-state index is 0.0817. The molecule has 4 aromatic rings. The summed E-state index contributed by atoms with van der Waals surface area (Å²) < 4.78 is 31.7. The maximum absolute atomic E-state index is 15.4. The zero-order valence-corrected chi connectivity index (χ0v) is 20.3. The highest BCUT2D eigenvalue weighted by Gasteiger charge is 2.42. The molecule has 3 aromatic carbocycles. The lowest BCUT2D eigenvalue weighted by Gasteiger charge is -2.38. The minimum Gasteiger partial charge on any atom is -0.333 e. The number of halogens is 2. The lowest BCUT2D eigenvalue weighted by molar-refractivity contribution is 0.0575. The van der Waals surface area contributed by atoms with Gasteiger partial charge in [0.15, 0.2) is 0 Å². The molecule has 2 N–H and O–H groups in total. The number of benzene rings is 3. The number of hydrogen-bond acceptors (Lipinski definition) is 4. The molecule has 2 saturated heterocycles. The molecule has 37 heavy (non-hydrogen) atoms. The first-order valence-corrected chi connectivity index (χ1v) is 12.4. The fraction of sp³-hybridized carbons (Fsp3) is 0.276. The molecule has 6 nitrogen and oxygen atoms in total. The van der Waals surface area contributed by atoms with E-state index in [-0.39, 0.29) is 29.6 Å². The summed E-state index contributed by atoms with van der Waals surface area (Å²) in [5.41, 5.74) is 9.03. The van der Waals surface area contributed by atoms with E-state index < -0.39 is 11.6 Å². The van der Waals surface area contributed by atoms with E-state index in [0.717, 1.165) is 31.1 Å². The summed E-state index contributed by atoms with van der Waals surface area (Å²) >= 11 is 0. The average molecular weight is 498 g/mol. The number of aromatic nitrogens is 2. The smallest absolute Gasteiger partial charge is 0.254 e. The fourth-order valence-electron chi connectivity index (χ4n) is 6.00. The molecule has 186 valence electrons. The van der Waals surface area contributed by atoms with Gasteiger partial charge in [0.05, 0.1) is 17.3 Å². The van der Waals surface area contributed by atoms with Crippen LogP contribution >= 0.6 is 0 Å². The molecule has 3 heterocycles. The Hall–Kier alpha value is -4.09. The molecule has 0 saturated carbocycles. The summed E-state index contributed by atoms with van der Waals surface area (Å²) in [6.45, 7) is 0. The highest BCUT2D eigenvalue weighted by molar-refractivity contribution is 5.99. The lowest BCUT2D eigenvalue weighted by Crippen LogP contribution is -2.50. The van der Waals surface area contributed by atoms with Crippen LogP contribution in [0.3, 0.4) is 0 Å². The van der Waals surface area contributed by atoms with Gasteiger partial charge in [0, 0.05) is 47.8 Å². The van der Waals surface area contributed by atoms with Crippen molar-refractivity contribution in [2.75, 3.05) is 0 Å². The van der Waals surface area contributed by atoms with Crippen LogP contribution in [-0.2, 0) is 7.05 Å². The van der Waals surface area contributed by atoms with Gasteiger partial charge in [-0.15, -0.1) is 0 Å². The second kappa shape index (κ2) is 8.79. The Morgan fingerprint density at radius 1 is 1.00 bits per heavy atom. The molecule has 0 spiro atoms. The van der Waals surface area contributed by atoms with Crippen molar-refractivity contribution in [1.82, 2.24) is 14.7 Å². The number of aryl methyl sites for hydroxylation is 1. The molecule has 2 unspecified atom stereocenters. The zero-order chi connectivity index (χ0) is 25.8. The monoisotopic (exact) mass is 497 g/mol. The molecule has 0 aliphatic carbocycles. The normalized spacial score (nSPS) is 20.8. The molecular weight excluding hydrogens is 472 g/mol. The van der Waals surface area contributed by atoms with Crippen molar-refractivity contribution < 1.29 is 13.6 Å². The van der Waals surface area contributed by atoms with E-state index >= 15 is 4.39 Å². The fourth-order valence-corrected chi connectivity index (χ4v) is 6.00. The predicted molar refractivity (Wildman–Crippen MR) is 136 cm³/mol. The van der Waals surface area contributed by atoms with Crippen LogP contribution < -0.4 is 5.73 Å². The van der Waals surface area contributed by atoms with Crippen LogP contribution in [0.15, 0.2) is 54.7 Å². The second-order valence-electron chi connectivity index (χ2n) is 10.1. The van der Waals surface area contributed by atoms with Crippen molar-refractivity contribution >= 4 is 16.8 Å². The number of fused-ring (bicyclic) bond motifs is 3. The van der Waals surface area contributed by atoms with E-state index in [4.69, 9.17) is 5.73 Å². The van der Waals surface area contributed by atoms with Gasteiger partial charge in [-0.2, -0.15) is 10.4 Å². The molecule has 6 rings (SSSR count). The van der Waals surface area contributed by atoms with Crippen molar-refractivity contribution in [2.45, 2.75) is 43.8 Å². The molecule has 2 atom stereocenters. The lowest BCUT2D eigenvalue weighted by atomic mass is 9.90. The van der Waals surface area contributed by atoms with Gasteiger partial charge in [0.1, 0.15) is 17.7 Å². The third kappa shape index (κ3) is 3.87. The van der Waals surface area contributed by atoms with Gasteiger partial charge in [-0.1, -0.05) is 12.1 Å². The van der Waals surface area contributed by atoms with Gasteiger partial charge >= 0.3 is 0 Å². The molecular formula is C29H25F2N5O. The molecule has 1 aromatic heterocycles. The molecule has 1 amide bonds. The number of carbonyl (C=O) groups is 1. The Labute approximate surface area is 212 Å². The third-order valence-corrected chi connectivity index (χ3v) is 7.80. The molecule has 2 aliphatic heterocycles. The van der Waals surface area contributed by atoms with E-state index in [1.807, 2.05) is 11.0 Å². The van der Waals surface area contributed by atoms with E-state index in [1.165, 1.54) is 18.2 Å². The van der Waals surface area contributed by atoms with Crippen molar-refractivity contribution in [3.05, 3.63) is 77.5 Å². The van der Waals surface area contributed by atoms with Gasteiger partial charge in [-0.3, -0.25) is 9.48 Å². The standard InChI is InChI=1S/C29H25F2N5O/c1-35-28-13-27(31)25(9-19(28)15-34-35)23-7-4-17(8-24(23)16-2-3-18(14-32)26(30)10-16)29(37)36-21-5-6-22(36)12-20(33)11-21/h2-4,7-10,13,15,20-22H,5-6,11-12,33H2,1H3. The maximum atomic E-state index is 15.4. The SMILES string of the molecule is Cn1ncc2cc(-c3ccc(C(=O)N4C5CCC4CC(N)C5)cc3-c3ccc(C#N)c(F)c3)c(F)cc21. The maximum Gasteiger partial charge on any atom is 0.254 e. The Balaban J connectivity index is 1.50. The number of piperidine rings is 1. The second-order valence-corrected chi connectivity index (χ2v) is 10.1. The van der Waals surface area contributed by atoms with Crippen LogP contribution in [0.4, 0.5) is 8.78 Å². The largest absolute Gasteiger partial charge is 0.333 e. The van der Waals surface area contributed by atoms with Gasteiger partial charge < -0.3 is 10.6 Å². The van der Waals surface area contributed by atoms with Crippen LogP contribution in [0.25, 0.3) is 33.2 Å². The number of rotatable bonds is 3. The number of hydrogen-bond donors (Lipinski definition) is 1. The summed E-state index contributed by atoms with van der Waals surface area (Å²) in [5, 5.41) is 14.1. The first-order valence-electron chi connectivity index (χ1n) is 12.4. The van der Waals surface area contributed by atoms with E-state index in [0.29, 0.717) is 33.3 Å². The Bertz CT molecular complexity index is 1590. The van der Waals surface area contributed by atoms with Crippen LogP contribution in [0, 0.1) is 23.0 Å². The summed E-state index contributed by atoms with van der Waals surface area (Å²) in [4.78, 5) is 15.6. The zero-order valence-electron chi connectivity index (χ0n) is 20.3. The van der Waals surface area contributed by atoms with E-state index in [9.17, 15) is 14.4 Å². The number of amides is 1. The third-order valence-electron chi connectivity index (χ3n) is 7.80. The van der Waals surface area contributed by atoms with Crippen LogP contribution in [0.5, 0.6) is 0 Å². The summed E-state index contributed by atoms with van der Waals surface area (Å²) in [7, 11) is 1.74. The number of carbonyl (C=O) groups excluding carboxylic acids is 1. The van der Waals surface area contributed by atoms with E-state index in [2.05, 4.69) is 5.10 Å². The summed E-state index contributed by atoms with van der Waals surface area (Å²) in [5.74, 6) is -1.22. The highest BCUT2D eigenvalue weighted by Crippen LogP contribution is 2.39. The summed E-state index contributed by atoms with van der Waals surface area (Å²) in [6, 6.07) is 14.7. The predicted octanol–water partition coefficient (Wildman–Crippen LogP) is 5.15. The molecule has 2 fully saturated rings.